The second-order valence-corrected chi connectivity index (χ2v) is 15.1. The Kier molecular flexibility index (Phi) is 5.80. The summed E-state index contributed by atoms with van der Waals surface area (Å²) < 4.78 is 11.2. The van der Waals surface area contributed by atoms with Crippen LogP contribution in [0.1, 0.15) is 0 Å². The Hall–Kier alpha value is -6.75. The summed E-state index contributed by atoms with van der Waals surface area (Å²) in [7, 11) is 0. The lowest BCUT2D eigenvalue weighted by molar-refractivity contribution is 0.660. The molecule has 0 fully saturated rings. The van der Waals surface area contributed by atoms with Crippen molar-refractivity contribution in [1.82, 2.24) is 4.40 Å². The van der Waals surface area contributed by atoms with E-state index in [-0.39, 0.29) is 5.43 Å². The molecule has 4 heteroatoms. The second-order valence-electron chi connectivity index (χ2n) is 14.0. The molecule has 0 aliphatic carbocycles. The minimum absolute atomic E-state index is 0.000647. The van der Waals surface area contributed by atoms with Gasteiger partial charge < -0.3 is 8.82 Å². The number of para-hydroxylation sites is 3. The molecule has 4 heterocycles. The van der Waals surface area contributed by atoms with Crippen molar-refractivity contribution in [3.8, 4) is 33.4 Å². The minimum atomic E-state index is -0.000647. The van der Waals surface area contributed by atoms with Crippen molar-refractivity contribution < 1.29 is 4.42 Å². The monoisotopic (exact) mass is 693 g/mol. The normalized spacial score (nSPS) is 12.2. The molecular formula is C49H27NO2S. The third-order valence-corrected chi connectivity index (χ3v) is 12.3. The molecule has 8 aromatic carbocycles. The van der Waals surface area contributed by atoms with Crippen molar-refractivity contribution in [1.29, 1.82) is 0 Å². The fourth-order valence-corrected chi connectivity index (χ4v) is 9.67. The fraction of sp³-hybridized carbons (Fsp3) is 0. The van der Waals surface area contributed by atoms with Crippen molar-refractivity contribution in [3.05, 3.63) is 174 Å². The smallest absolute Gasteiger partial charge is 0.200 e. The fourth-order valence-electron chi connectivity index (χ4n) is 8.61. The zero-order valence-corrected chi connectivity index (χ0v) is 29.1. The van der Waals surface area contributed by atoms with Crippen molar-refractivity contribution in [3.63, 3.8) is 0 Å². The van der Waals surface area contributed by atoms with Gasteiger partial charge in [-0.15, -0.1) is 11.3 Å². The van der Waals surface area contributed by atoms with Crippen LogP contribution in [0.3, 0.4) is 0 Å². The Morgan fingerprint density at radius 1 is 0.377 bits per heavy atom. The van der Waals surface area contributed by atoms with Gasteiger partial charge in [-0.25, -0.2) is 0 Å². The lowest BCUT2D eigenvalue weighted by atomic mass is 9.96. The first-order chi connectivity index (χ1) is 26.2. The summed E-state index contributed by atoms with van der Waals surface area (Å²) in [6.07, 6.45) is 0. The van der Waals surface area contributed by atoms with Crippen LogP contribution in [0.25, 0.3) is 114 Å². The van der Waals surface area contributed by atoms with Gasteiger partial charge in [-0.1, -0.05) is 97.1 Å². The van der Waals surface area contributed by atoms with E-state index in [1.807, 2.05) is 53.8 Å². The number of hydrogen-bond donors (Lipinski definition) is 0. The zero-order chi connectivity index (χ0) is 34.8. The Bertz CT molecular complexity index is 3550. The van der Waals surface area contributed by atoms with E-state index >= 15 is 0 Å². The quantitative estimate of drug-likeness (QED) is 0.173. The van der Waals surface area contributed by atoms with Crippen LogP contribution in [0.2, 0.25) is 0 Å². The number of thiophene rings is 1. The molecular weight excluding hydrogens is 667 g/mol. The Balaban J connectivity index is 0.965. The number of fused-ring (bicyclic) bond motifs is 11. The van der Waals surface area contributed by atoms with Crippen LogP contribution in [0.4, 0.5) is 0 Å². The zero-order valence-electron chi connectivity index (χ0n) is 28.3. The van der Waals surface area contributed by atoms with Crippen LogP contribution >= 0.6 is 11.3 Å². The molecule has 0 N–H and O–H groups in total. The second kappa shape index (κ2) is 10.6. The lowest BCUT2D eigenvalue weighted by Gasteiger charge is -2.08. The molecule has 0 aliphatic heterocycles. The highest BCUT2D eigenvalue weighted by Crippen LogP contribution is 2.42. The third-order valence-electron chi connectivity index (χ3n) is 11.1. The molecule has 246 valence electrons. The maximum absolute atomic E-state index is 13.1. The van der Waals surface area contributed by atoms with E-state index in [9.17, 15) is 4.79 Å². The lowest BCUT2D eigenvalue weighted by Crippen LogP contribution is -2.01. The molecule has 0 radical (unpaired) electrons. The van der Waals surface area contributed by atoms with Crippen LogP contribution in [0.15, 0.2) is 173 Å². The van der Waals surface area contributed by atoms with Crippen LogP contribution in [0.5, 0.6) is 0 Å². The van der Waals surface area contributed by atoms with E-state index in [0.717, 1.165) is 16.7 Å². The summed E-state index contributed by atoms with van der Waals surface area (Å²) >= 11 is 1.84. The summed E-state index contributed by atoms with van der Waals surface area (Å²) in [5.41, 5.74) is 11.8. The predicted octanol–water partition coefficient (Wildman–Crippen LogP) is 13.5. The third kappa shape index (κ3) is 4.12. The topological polar surface area (TPSA) is 34.6 Å². The van der Waals surface area contributed by atoms with Crippen molar-refractivity contribution in [2.75, 3.05) is 0 Å². The molecule has 0 atom stereocenters. The first-order valence-electron chi connectivity index (χ1n) is 17.9. The first kappa shape index (κ1) is 28.9. The van der Waals surface area contributed by atoms with Crippen LogP contribution in [-0.2, 0) is 0 Å². The van der Waals surface area contributed by atoms with Crippen molar-refractivity contribution in [2.24, 2.45) is 0 Å². The van der Waals surface area contributed by atoms with Gasteiger partial charge in [0.25, 0.3) is 0 Å². The molecule has 0 spiro atoms. The Morgan fingerprint density at radius 3 is 1.66 bits per heavy atom. The Morgan fingerprint density at radius 2 is 0.906 bits per heavy atom. The molecule has 0 saturated heterocycles. The molecule has 12 rings (SSSR count). The molecule has 0 aliphatic rings. The van der Waals surface area contributed by atoms with E-state index in [4.69, 9.17) is 4.42 Å². The highest BCUT2D eigenvalue weighted by molar-refractivity contribution is 7.25. The first-order valence-corrected chi connectivity index (χ1v) is 18.7. The van der Waals surface area contributed by atoms with Gasteiger partial charge in [-0.3, -0.25) is 4.79 Å². The van der Waals surface area contributed by atoms with Crippen LogP contribution in [0, 0.1) is 0 Å². The molecule has 3 nitrogen and oxygen atoms in total. The SMILES string of the molecule is O=c1c2ccccc2oc2cc(-c3cccc(-c4ccc5sc6ccc(-c7ccc8c9cccc%10c%11ccccc%11n(c8c7)c%109)cc6c5c4)c3)ccc12. The summed E-state index contributed by atoms with van der Waals surface area (Å²) in [5, 5.41) is 8.93. The summed E-state index contributed by atoms with van der Waals surface area (Å²) in [5.74, 6) is 0. The van der Waals surface area contributed by atoms with Gasteiger partial charge >= 0.3 is 0 Å². The number of nitrogens with zero attached hydrogens (tertiary/aromatic N) is 1. The van der Waals surface area contributed by atoms with Gasteiger partial charge in [0, 0.05) is 41.7 Å². The molecule has 53 heavy (non-hydrogen) atoms. The summed E-state index contributed by atoms with van der Waals surface area (Å²) in [4.78, 5) is 13.1. The number of benzene rings is 8. The van der Waals surface area contributed by atoms with Gasteiger partial charge in [0.15, 0.2) is 0 Å². The number of rotatable bonds is 3. The summed E-state index contributed by atoms with van der Waals surface area (Å²) in [6.45, 7) is 0. The number of aromatic nitrogens is 1. The van der Waals surface area contributed by atoms with Gasteiger partial charge in [0.05, 0.1) is 27.3 Å². The van der Waals surface area contributed by atoms with Gasteiger partial charge in [0.2, 0.25) is 5.43 Å². The van der Waals surface area contributed by atoms with Gasteiger partial charge in [0.1, 0.15) is 11.2 Å². The standard InChI is InChI=1S/C49H27NO2S/c51-49-38-10-2-4-14-44(38)52-45-27-33(16-20-39(45)49)29-8-5-7-28(23-29)30-17-21-46-40(24-30)41-25-31(18-22-47(41)53-46)32-15-19-35-37-12-6-11-36-34-9-1-3-13-42(34)50(48(36)37)43(35)26-32/h1-27H. The van der Waals surface area contributed by atoms with E-state index in [1.54, 1.807) is 0 Å². The summed E-state index contributed by atoms with van der Waals surface area (Å²) in [6, 6.07) is 58.0. The largest absolute Gasteiger partial charge is 0.456 e. The van der Waals surface area contributed by atoms with Gasteiger partial charge in [-0.05, 0) is 100 Å². The average Bonchev–Trinajstić information content (AvgIpc) is 3.87. The maximum atomic E-state index is 13.1. The highest BCUT2D eigenvalue weighted by atomic mass is 32.1. The van der Waals surface area contributed by atoms with E-state index in [1.165, 1.54) is 75.0 Å². The average molecular weight is 694 g/mol. The molecule has 0 saturated carbocycles. The van der Waals surface area contributed by atoms with E-state index in [0.29, 0.717) is 21.9 Å². The van der Waals surface area contributed by atoms with Crippen molar-refractivity contribution >= 4 is 91.5 Å². The maximum Gasteiger partial charge on any atom is 0.200 e. The highest BCUT2D eigenvalue weighted by Gasteiger charge is 2.18. The predicted molar refractivity (Wildman–Crippen MR) is 224 cm³/mol. The molecule has 12 aromatic rings. The van der Waals surface area contributed by atoms with Crippen LogP contribution < -0.4 is 5.43 Å². The van der Waals surface area contributed by atoms with E-state index < -0.39 is 0 Å². The van der Waals surface area contributed by atoms with Crippen molar-refractivity contribution in [2.45, 2.75) is 0 Å². The van der Waals surface area contributed by atoms with Crippen LogP contribution in [-0.4, -0.2) is 4.40 Å². The minimum Gasteiger partial charge on any atom is -0.456 e. The number of hydrogen-bond acceptors (Lipinski definition) is 3. The Labute approximate surface area is 306 Å². The molecule has 0 bridgehead atoms. The van der Waals surface area contributed by atoms with Gasteiger partial charge in [-0.2, -0.15) is 0 Å². The molecule has 0 unspecified atom stereocenters. The molecule has 0 amide bonds. The molecule has 4 aromatic heterocycles. The van der Waals surface area contributed by atoms with E-state index in [2.05, 4.69) is 126 Å².